The van der Waals surface area contributed by atoms with Crippen LogP contribution in [0.1, 0.15) is 39.0 Å². The van der Waals surface area contributed by atoms with E-state index in [1.165, 1.54) is 25.7 Å². The number of rotatable bonds is 7. The van der Waals surface area contributed by atoms with Crippen LogP contribution in [0.5, 0.6) is 0 Å². The maximum absolute atomic E-state index is 5.74. The van der Waals surface area contributed by atoms with E-state index in [9.17, 15) is 0 Å². The zero-order valence-corrected chi connectivity index (χ0v) is 12.4. The van der Waals surface area contributed by atoms with Crippen molar-refractivity contribution in [2.45, 2.75) is 63.3 Å². The molecule has 0 bridgehead atoms. The van der Waals surface area contributed by atoms with Crippen LogP contribution in [0, 0.1) is 5.92 Å². The molecule has 1 saturated carbocycles. The molecule has 2 rings (SSSR count). The minimum Gasteiger partial charge on any atom is -0.398 e. The third-order valence-corrected chi connectivity index (χ3v) is 8.22. The third-order valence-electron chi connectivity index (χ3n) is 4.42. The van der Waals surface area contributed by atoms with Crippen LogP contribution in [0.4, 0.5) is 0 Å². The fourth-order valence-corrected chi connectivity index (χ4v) is 6.01. The van der Waals surface area contributed by atoms with Gasteiger partial charge in [-0.1, -0.05) is 13.3 Å². The van der Waals surface area contributed by atoms with Gasteiger partial charge in [0.15, 0.2) is 0 Å². The SMILES string of the molecule is CCC[Si](CCC1CCC2OC2C1)(OC)OC. The predicted molar refractivity (Wildman–Crippen MR) is 70.3 cm³/mol. The van der Waals surface area contributed by atoms with E-state index in [1.807, 2.05) is 14.2 Å². The first-order chi connectivity index (χ1) is 8.23. The molecule has 2 fully saturated rings. The molecular formula is C13H26O3Si. The first-order valence-corrected chi connectivity index (χ1v) is 9.22. The maximum atomic E-state index is 5.74. The molecule has 0 aromatic heterocycles. The highest BCUT2D eigenvalue weighted by molar-refractivity contribution is 6.67. The summed E-state index contributed by atoms with van der Waals surface area (Å²) in [5.41, 5.74) is 0. The van der Waals surface area contributed by atoms with Crippen molar-refractivity contribution in [1.29, 1.82) is 0 Å². The Balaban J connectivity index is 1.77. The second kappa shape index (κ2) is 5.82. The third kappa shape index (κ3) is 3.31. The molecule has 0 amide bonds. The molecule has 3 atom stereocenters. The maximum Gasteiger partial charge on any atom is 0.337 e. The van der Waals surface area contributed by atoms with Gasteiger partial charge in [0, 0.05) is 14.2 Å². The molecule has 3 nitrogen and oxygen atoms in total. The molecule has 3 unspecified atom stereocenters. The van der Waals surface area contributed by atoms with Crippen LogP contribution < -0.4 is 0 Å². The van der Waals surface area contributed by atoms with Gasteiger partial charge in [0.05, 0.1) is 12.2 Å². The predicted octanol–water partition coefficient (Wildman–Crippen LogP) is 3.09. The van der Waals surface area contributed by atoms with Gasteiger partial charge in [-0.2, -0.15) is 0 Å². The van der Waals surface area contributed by atoms with Crippen LogP contribution in [0.25, 0.3) is 0 Å². The zero-order valence-electron chi connectivity index (χ0n) is 11.4. The lowest BCUT2D eigenvalue weighted by Crippen LogP contribution is -2.40. The van der Waals surface area contributed by atoms with Gasteiger partial charge < -0.3 is 13.6 Å². The van der Waals surface area contributed by atoms with Crippen molar-refractivity contribution in [2.24, 2.45) is 5.92 Å². The molecule has 0 aromatic carbocycles. The second-order valence-electron chi connectivity index (χ2n) is 5.50. The molecule has 1 saturated heterocycles. The molecule has 17 heavy (non-hydrogen) atoms. The topological polar surface area (TPSA) is 31.0 Å². The molecular weight excluding hydrogens is 232 g/mol. The summed E-state index contributed by atoms with van der Waals surface area (Å²) < 4.78 is 17.1. The van der Waals surface area contributed by atoms with Crippen molar-refractivity contribution >= 4 is 8.56 Å². The van der Waals surface area contributed by atoms with Crippen molar-refractivity contribution in [3.05, 3.63) is 0 Å². The van der Waals surface area contributed by atoms with Crippen LogP contribution in [-0.4, -0.2) is 35.0 Å². The average Bonchev–Trinajstić information content (AvgIpc) is 3.13. The quantitative estimate of drug-likeness (QED) is 0.519. The van der Waals surface area contributed by atoms with Crippen LogP contribution in [0.2, 0.25) is 12.1 Å². The van der Waals surface area contributed by atoms with Crippen molar-refractivity contribution < 1.29 is 13.6 Å². The van der Waals surface area contributed by atoms with E-state index in [-0.39, 0.29) is 0 Å². The largest absolute Gasteiger partial charge is 0.398 e. The summed E-state index contributed by atoms with van der Waals surface area (Å²) in [6.45, 7) is 2.21. The van der Waals surface area contributed by atoms with E-state index in [0.29, 0.717) is 12.2 Å². The van der Waals surface area contributed by atoms with E-state index in [0.717, 1.165) is 24.4 Å². The number of hydrogen-bond donors (Lipinski definition) is 0. The number of fused-ring (bicyclic) bond motifs is 1. The van der Waals surface area contributed by atoms with Crippen molar-refractivity contribution in [1.82, 2.24) is 0 Å². The average molecular weight is 258 g/mol. The van der Waals surface area contributed by atoms with Crippen molar-refractivity contribution in [3.8, 4) is 0 Å². The van der Waals surface area contributed by atoms with Gasteiger partial charge >= 0.3 is 8.56 Å². The summed E-state index contributed by atoms with van der Waals surface area (Å²) in [5, 5.41) is 0. The summed E-state index contributed by atoms with van der Waals surface area (Å²) in [4.78, 5) is 0. The van der Waals surface area contributed by atoms with E-state index < -0.39 is 8.56 Å². The van der Waals surface area contributed by atoms with Crippen molar-refractivity contribution in [3.63, 3.8) is 0 Å². The molecule has 0 N–H and O–H groups in total. The Kier molecular flexibility index (Phi) is 4.63. The zero-order chi connectivity index (χ0) is 12.3. The van der Waals surface area contributed by atoms with Gasteiger partial charge in [-0.25, -0.2) is 0 Å². The summed E-state index contributed by atoms with van der Waals surface area (Å²) in [6.07, 6.45) is 7.53. The van der Waals surface area contributed by atoms with Crippen LogP contribution in [-0.2, 0) is 13.6 Å². The fraction of sp³-hybridized carbons (Fsp3) is 1.00. The minimum absolute atomic E-state index is 0.598. The molecule has 1 aliphatic carbocycles. The Morgan fingerprint density at radius 3 is 2.47 bits per heavy atom. The normalized spacial score (nSPS) is 32.3. The molecule has 4 heteroatoms. The summed E-state index contributed by atoms with van der Waals surface area (Å²) in [5.74, 6) is 0.841. The smallest absolute Gasteiger partial charge is 0.337 e. The minimum atomic E-state index is -1.88. The van der Waals surface area contributed by atoms with E-state index >= 15 is 0 Å². The Bertz CT molecular complexity index is 243. The Morgan fingerprint density at radius 1 is 1.12 bits per heavy atom. The van der Waals surface area contributed by atoms with Crippen LogP contribution in [0.3, 0.4) is 0 Å². The Labute approximate surface area is 106 Å². The fourth-order valence-electron chi connectivity index (χ4n) is 3.17. The highest BCUT2D eigenvalue weighted by Gasteiger charge is 2.44. The van der Waals surface area contributed by atoms with Gasteiger partial charge in [-0.15, -0.1) is 0 Å². The van der Waals surface area contributed by atoms with E-state index in [2.05, 4.69) is 6.92 Å². The van der Waals surface area contributed by atoms with E-state index in [4.69, 9.17) is 13.6 Å². The molecule has 100 valence electrons. The van der Waals surface area contributed by atoms with Crippen molar-refractivity contribution in [2.75, 3.05) is 14.2 Å². The van der Waals surface area contributed by atoms with Crippen LogP contribution >= 0.6 is 0 Å². The van der Waals surface area contributed by atoms with Gasteiger partial charge in [-0.3, -0.25) is 0 Å². The van der Waals surface area contributed by atoms with Gasteiger partial charge in [0.2, 0.25) is 0 Å². The van der Waals surface area contributed by atoms with Gasteiger partial charge in [0.25, 0.3) is 0 Å². The summed E-state index contributed by atoms with van der Waals surface area (Å²) in [6, 6.07) is 2.27. The van der Waals surface area contributed by atoms with Crippen LogP contribution in [0.15, 0.2) is 0 Å². The summed E-state index contributed by atoms with van der Waals surface area (Å²) in [7, 11) is 1.77. The molecule has 0 spiro atoms. The molecule has 2 aliphatic rings. The number of epoxide rings is 1. The van der Waals surface area contributed by atoms with Gasteiger partial charge in [0.1, 0.15) is 0 Å². The first-order valence-electron chi connectivity index (χ1n) is 6.98. The lowest BCUT2D eigenvalue weighted by Gasteiger charge is -2.29. The molecule has 1 heterocycles. The highest BCUT2D eigenvalue weighted by Crippen LogP contribution is 2.41. The lowest BCUT2D eigenvalue weighted by molar-refractivity contribution is 0.234. The Morgan fingerprint density at radius 2 is 1.88 bits per heavy atom. The Hall–Kier alpha value is 0.0969. The standard InChI is InChI=1S/C13H26O3Si/c1-4-8-17(14-2,15-3)9-7-11-5-6-12-13(10-11)16-12/h11-13H,4-10H2,1-3H3. The first kappa shape index (κ1) is 13.5. The van der Waals surface area contributed by atoms with Gasteiger partial charge in [-0.05, 0) is 43.7 Å². The highest BCUT2D eigenvalue weighted by atomic mass is 28.4. The summed E-state index contributed by atoms with van der Waals surface area (Å²) >= 11 is 0. The molecule has 0 radical (unpaired) electrons. The second-order valence-corrected chi connectivity index (χ2v) is 9.14. The number of ether oxygens (including phenoxy) is 1. The molecule has 1 aliphatic heterocycles. The molecule has 0 aromatic rings. The van der Waals surface area contributed by atoms with E-state index in [1.54, 1.807) is 0 Å². The number of hydrogen-bond acceptors (Lipinski definition) is 3. The monoisotopic (exact) mass is 258 g/mol. The lowest BCUT2D eigenvalue weighted by atomic mass is 9.88.